The fourth-order valence-corrected chi connectivity index (χ4v) is 2.89. The molecule has 28 heavy (non-hydrogen) atoms. The zero-order valence-corrected chi connectivity index (χ0v) is 16.3. The number of hydrogen-bond donors (Lipinski definition) is 2. The maximum Gasteiger partial charge on any atom is 0.326 e. The number of ether oxygens (including phenoxy) is 2. The highest BCUT2D eigenvalue weighted by molar-refractivity contribution is 5.84. The molecule has 1 aromatic rings. The number of para-hydroxylation sites is 2. The zero-order chi connectivity index (χ0) is 20.5. The van der Waals surface area contributed by atoms with Crippen LogP contribution in [0.1, 0.15) is 39.0 Å². The highest BCUT2D eigenvalue weighted by atomic mass is 16.5. The van der Waals surface area contributed by atoms with Gasteiger partial charge in [-0.3, -0.25) is 9.59 Å². The Balaban J connectivity index is 1.86. The second kappa shape index (κ2) is 10.5. The molecule has 1 atom stereocenters. The van der Waals surface area contributed by atoms with Crippen molar-refractivity contribution in [2.45, 2.75) is 51.1 Å². The Morgan fingerprint density at radius 1 is 1.25 bits per heavy atom. The van der Waals surface area contributed by atoms with Gasteiger partial charge < -0.3 is 24.8 Å². The molecule has 1 unspecified atom stereocenters. The van der Waals surface area contributed by atoms with E-state index in [-0.39, 0.29) is 37.4 Å². The van der Waals surface area contributed by atoms with Crippen LogP contribution in [0.25, 0.3) is 0 Å². The van der Waals surface area contributed by atoms with E-state index in [1.54, 1.807) is 23.1 Å². The van der Waals surface area contributed by atoms with Gasteiger partial charge in [0, 0.05) is 19.0 Å². The Kier molecular flexibility index (Phi) is 8.10. The third-order valence-corrected chi connectivity index (χ3v) is 4.52. The Hall–Kier alpha value is -2.77. The van der Waals surface area contributed by atoms with Crippen LogP contribution in [-0.4, -0.2) is 60.1 Å². The Bertz CT molecular complexity index is 689. The molecule has 0 aromatic heterocycles. The largest absolute Gasteiger partial charge is 0.493 e. The van der Waals surface area contributed by atoms with Crippen LogP contribution >= 0.6 is 0 Å². The molecule has 8 nitrogen and oxygen atoms in total. The fraction of sp³-hybridized carbons (Fsp3) is 0.550. The molecule has 1 aliphatic carbocycles. The van der Waals surface area contributed by atoms with Crippen molar-refractivity contribution in [2.75, 3.05) is 20.3 Å². The molecular formula is C20H28N2O6. The summed E-state index contributed by atoms with van der Waals surface area (Å²) in [6.45, 7) is 1.95. The van der Waals surface area contributed by atoms with E-state index in [0.29, 0.717) is 24.3 Å². The molecule has 2 N–H and O–H groups in total. The number of amides is 2. The van der Waals surface area contributed by atoms with Crippen molar-refractivity contribution >= 4 is 17.8 Å². The number of methoxy groups -OCH3 is 1. The van der Waals surface area contributed by atoms with Gasteiger partial charge in [-0.05, 0) is 31.4 Å². The smallest absolute Gasteiger partial charge is 0.326 e. The van der Waals surface area contributed by atoms with E-state index in [9.17, 15) is 14.4 Å². The number of nitrogens with one attached hydrogen (secondary N) is 1. The monoisotopic (exact) mass is 392 g/mol. The van der Waals surface area contributed by atoms with Gasteiger partial charge in [0.15, 0.2) is 18.1 Å². The number of carboxylic acids is 1. The molecule has 0 heterocycles. The maximum absolute atomic E-state index is 12.6. The van der Waals surface area contributed by atoms with Gasteiger partial charge in [0.25, 0.3) is 5.91 Å². The lowest BCUT2D eigenvalue weighted by Gasteiger charge is -2.23. The van der Waals surface area contributed by atoms with Crippen molar-refractivity contribution in [3.8, 4) is 11.5 Å². The fourth-order valence-electron chi connectivity index (χ4n) is 2.89. The van der Waals surface area contributed by atoms with Crippen LogP contribution in [0.2, 0.25) is 0 Å². The molecule has 1 saturated carbocycles. The Morgan fingerprint density at radius 3 is 2.50 bits per heavy atom. The summed E-state index contributed by atoms with van der Waals surface area (Å²) in [6.07, 6.45) is 2.89. The van der Waals surface area contributed by atoms with Crippen molar-refractivity contribution in [1.29, 1.82) is 0 Å². The number of carbonyl (C=O) groups excluding carboxylic acids is 2. The van der Waals surface area contributed by atoms with Crippen LogP contribution < -0.4 is 14.8 Å². The molecule has 0 bridgehead atoms. The average molecular weight is 392 g/mol. The van der Waals surface area contributed by atoms with Crippen molar-refractivity contribution in [1.82, 2.24) is 10.2 Å². The van der Waals surface area contributed by atoms with Gasteiger partial charge in [-0.25, -0.2) is 4.79 Å². The molecule has 2 rings (SSSR count). The highest BCUT2D eigenvalue weighted by Gasteiger charge is 2.33. The van der Waals surface area contributed by atoms with Crippen molar-refractivity contribution in [2.24, 2.45) is 0 Å². The van der Waals surface area contributed by atoms with Crippen LogP contribution in [0, 0.1) is 0 Å². The molecule has 8 heteroatoms. The summed E-state index contributed by atoms with van der Waals surface area (Å²) in [5.41, 5.74) is 0. The standard InChI is InChI=1S/C20H28N2O6/c1-3-6-15(20(25)26)21-18(23)11-12-22(14-9-10-14)19(24)13-28-17-8-5-4-7-16(17)27-2/h4-5,7-8,14-15H,3,6,9-13H2,1-2H3,(H,21,23)(H,25,26). The second-order valence-corrected chi connectivity index (χ2v) is 6.75. The van der Waals surface area contributed by atoms with Gasteiger partial charge in [0.1, 0.15) is 6.04 Å². The van der Waals surface area contributed by atoms with E-state index in [2.05, 4.69) is 5.32 Å². The SMILES string of the molecule is CCCC(NC(=O)CCN(C(=O)COc1ccccc1OC)C1CC1)C(=O)O. The topological polar surface area (TPSA) is 105 Å². The van der Waals surface area contributed by atoms with Crippen LogP contribution in [0.3, 0.4) is 0 Å². The van der Waals surface area contributed by atoms with E-state index in [0.717, 1.165) is 12.8 Å². The van der Waals surface area contributed by atoms with Gasteiger partial charge >= 0.3 is 5.97 Å². The van der Waals surface area contributed by atoms with Crippen molar-refractivity contribution in [3.05, 3.63) is 24.3 Å². The van der Waals surface area contributed by atoms with Gasteiger partial charge in [-0.1, -0.05) is 25.5 Å². The predicted octanol–water partition coefficient (Wildman–Crippen LogP) is 1.82. The Morgan fingerprint density at radius 2 is 1.93 bits per heavy atom. The summed E-state index contributed by atoms with van der Waals surface area (Å²) in [4.78, 5) is 37.5. The van der Waals surface area contributed by atoms with E-state index in [4.69, 9.17) is 14.6 Å². The number of carboxylic acid groups (broad SMARTS) is 1. The molecule has 1 fully saturated rings. The minimum atomic E-state index is -1.05. The first-order valence-corrected chi connectivity index (χ1v) is 9.53. The first-order valence-electron chi connectivity index (χ1n) is 9.53. The van der Waals surface area contributed by atoms with Crippen LogP contribution in [0.4, 0.5) is 0 Å². The number of rotatable bonds is 12. The van der Waals surface area contributed by atoms with Gasteiger partial charge in [-0.15, -0.1) is 0 Å². The first-order chi connectivity index (χ1) is 13.5. The number of nitrogens with zero attached hydrogens (tertiary/aromatic N) is 1. The van der Waals surface area contributed by atoms with Crippen molar-refractivity contribution < 1.29 is 29.0 Å². The van der Waals surface area contributed by atoms with Crippen LogP contribution in [-0.2, 0) is 14.4 Å². The third kappa shape index (κ3) is 6.44. The molecule has 1 aromatic carbocycles. The molecule has 0 radical (unpaired) electrons. The van der Waals surface area contributed by atoms with Gasteiger partial charge in [0.2, 0.25) is 5.91 Å². The minimum Gasteiger partial charge on any atom is -0.493 e. The summed E-state index contributed by atoms with van der Waals surface area (Å²) in [6, 6.07) is 6.30. The maximum atomic E-state index is 12.6. The van der Waals surface area contributed by atoms with Crippen molar-refractivity contribution in [3.63, 3.8) is 0 Å². The Labute approximate surface area is 164 Å². The lowest BCUT2D eigenvalue weighted by atomic mass is 10.1. The zero-order valence-electron chi connectivity index (χ0n) is 16.3. The lowest BCUT2D eigenvalue weighted by molar-refractivity contribution is -0.142. The average Bonchev–Trinajstić information content (AvgIpc) is 3.51. The van der Waals surface area contributed by atoms with Crippen LogP contribution in [0.15, 0.2) is 24.3 Å². The van der Waals surface area contributed by atoms with Crippen LogP contribution in [0.5, 0.6) is 11.5 Å². The second-order valence-electron chi connectivity index (χ2n) is 6.75. The van der Waals surface area contributed by atoms with E-state index < -0.39 is 12.0 Å². The molecular weight excluding hydrogens is 364 g/mol. The number of hydrogen-bond acceptors (Lipinski definition) is 5. The molecule has 1 aliphatic rings. The van der Waals surface area contributed by atoms with Gasteiger partial charge in [0.05, 0.1) is 7.11 Å². The molecule has 2 amide bonds. The summed E-state index contributed by atoms with van der Waals surface area (Å²) >= 11 is 0. The summed E-state index contributed by atoms with van der Waals surface area (Å²) in [7, 11) is 1.53. The molecule has 154 valence electrons. The first kappa shape index (κ1) is 21.5. The predicted molar refractivity (Wildman–Crippen MR) is 102 cm³/mol. The summed E-state index contributed by atoms with van der Waals surface area (Å²) < 4.78 is 10.8. The summed E-state index contributed by atoms with van der Waals surface area (Å²) in [5.74, 6) is -0.593. The van der Waals surface area contributed by atoms with Gasteiger partial charge in [-0.2, -0.15) is 0 Å². The van der Waals surface area contributed by atoms with E-state index in [1.807, 2.05) is 13.0 Å². The summed E-state index contributed by atoms with van der Waals surface area (Å²) in [5, 5.41) is 11.7. The highest BCUT2D eigenvalue weighted by Crippen LogP contribution is 2.28. The number of benzene rings is 1. The molecule has 0 saturated heterocycles. The number of aliphatic carboxylic acids is 1. The van der Waals surface area contributed by atoms with E-state index in [1.165, 1.54) is 7.11 Å². The quantitative estimate of drug-likeness (QED) is 0.562. The number of carbonyl (C=O) groups is 3. The normalized spacial score (nSPS) is 14.1. The lowest BCUT2D eigenvalue weighted by Crippen LogP contribution is -2.43. The minimum absolute atomic E-state index is 0.0599. The molecule has 0 spiro atoms. The third-order valence-electron chi connectivity index (χ3n) is 4.52. The van der Waals surface area contributed by atoms with E-state index >= 15 is 0 Å². The molecule has 0 aliphatic heterocycles.